The number of aryl methyl sites for hydroxylation is 1. The highest BCUT2D eigenvalue weighted by atomic mass is 19.1. The number of benzene rings is 1. The van der Waals surface area contributed by atoms with Crippen LogP contribution in [0.3, 0.4) is 0 Å². The van der Waals surface area contributed by atoms with Gasteiger partial charge < -0.3 is 14.5 Å². The van der Waals surface area contributed by atoms with Crippen molar-refractivity contribution in [2.45, 2.75) is 13.3 Å². The third-order valence-electron chi connectivity index (χ3n) is 3.73. The zero-order valence-electron chi connectivity index (χ0n) is 13.1. The number of rotatable bonds is 4. The summed E-state index contributed by atoms with van der Waals surface area (Å²) in [6.07, 6.45) is 4.97. The minimum Gasteiger partial charge on any atom is -0.465 e. The molecule has 0 spiro atoms. The molecule has 0 amide bonds. The fourth-order valence-corrected chi connectivity index (χ4v) is 2.42. The van der Waals surface area contributed by atoms with Crippen LogP contribution in [0.5, 0.6) is 0 Å². The number of imidazole rings is 1. The molecule has 2 aromatic heterocycles. The first-order chi connectivity index (χ1) is 11.5. The molecular formula is C17H15F2N3O2. The highest BCUT2D eigenvalue weighted by Gasteiger charge is 2.21. The average molecular weight is 331 g/mol. The number of fused-ring (bicyclic) bond motifs is 1. The first kappa shape index (κ1) is 15.9. The fraction of sp³-hybridized carbons (Fsp3) is 0.176. The molecule has 0 fully saturated rings. The van der Waals surface area contributed by atoms with Gasteiger partial charge in [-0.3, -0.25) is 0 Å². The zero-order valence-corrected chi connectivity index (χ0v) is 13.1. The van der Waals surface area contributed by atoms with Crippen molar-refractivity contribution in [3.63, 3.8) is 0 Å². The molecule has 124 valence electrons. The van der Waals surface area contributed by atoms with Crippen LogP contribution in [0, 0.1) is 11.6 Å². The molecule has 0 bridgehead atoms. The number of ether oxygens (including phenoxy) is 1. The largest absolute Gasteiger partial charge is 0.465 e. The number of aromatic nitrogens is 2. The summed E-state index contributed by atoms with van der Waals surface area (Å²) in [5.74, 6) is -2.03. The van der Waals surface area contributed by atoms with Crippen LogP contribution >= 0.6 is 0 Å². The quantitative estimate of drug-likeness (QED) is 0.741. The second kappa shape index (κ2) is 6.27. The number of halogens is 2. The average Bonchev–Trinajstić information content (AvgIpc) is 3.06. The summed E-state index contributed by atoms with van der Waals surface area (Å²) in [6.45, 7) is 1.91. The molecule has 2 heterocycles. The van der Waals surface area contributed by atoms with Crippen molar-refractivity contribution in [3.05, 3.63) is 59.6 Å². The third kappa shape index (κ3) is 2.68. The molecule has 0 atom stereocenters. The van der Waals surface area contributed by atoms with Gasteiger partial charge in [-0.2, -0.15) is 0 Å². The molecule has 3 rings (SSSR count). The second-order valence-corrected chi connectivity index (χ2v) is 5.17. The minimum absolute atomic E-state index is 0.0238. The summed E-state index contributed by atoms with van der Waals surface area (Å²) in [6, 6.07) is 4.60. The summed E-state index contributed by atoms with van der Waals surface area (Å²) in [5, 5.41) is 2.65. The Bertz CT molecular complexity index is 922. The summed E-state index contributed by atoms with van der Waals surface area (Å²) in [5.41, 5.74) is 0.668. The first-order valence-corrected chi connectivity index (χ1v) is 7.34. The standard InChI is InChI=1S/C17H15F2N3O2/c1-3-10-4-5-13(12(18)8-10)21-15-11(17(23)24-2)9-22-7-6-20-16(22)14(15)19/h4-9,21H,3H2,1-2H3. The molecule has 0 radical (unpaired) electrons. The number of hydrogen-bond acceptors (Lipinski definition) is 4. The first-order valence-electron chi connectivity index (χ1n) is 7.34. The topological polar surface area (TPSA) is 55.6 Å². The lowest BCUT2D eigenvalue weighted by atomic mass is 10.1. The van der Waals surface area contributed by atoms with E-state index in [1.807, 2.05) is 6.92 Å². The Morgan fingerprint density at radius 2 is 2.17 bits per heavy atom. The maximum Gasteiger partial charge on any atom is 0.341 e. The number of esters is 1. The van der Waals surface area contributed by atoms with Gasteiger partial charge in [-0.15, -0.1) is 0 Å². The number of pyridine rings is 1. The van der Waals surface area contributed by atoms with E-state index in [1.54, 1.807) is 6.07 Å². The Morgan fingerprint density at radius 1 is 1.38 bits per heavy atom. The van der Waals surface area contributed by atoms with Gasteiger partial charge in [0.05, 0.1) is 18.5 Å². The van der Waals surface area contributed by atoms with Crippen LogP contribution in [0.1, 0.15) is 22.8 Å². The smallest absolute Gasteiger partial charge is 0.341 e. The number of carbonyl (C=O) groups is 1. The van der Waals surface area contributed by atoms with Gasteiger partial charge in [0.15, 0.2) is 11.5 Å². The number of hydrogen-bond donors (Lipinski definition) is 1. The summed E-state index contributed by atoms with van der Waals surface area (Å²) in [7, 11) is 1.19. The van der Waals surface area contributed by atoms with E-state index < -0.39 is 17.6 Å². The summed E-state index contributed by atoms with van der Waals surface area (Å²) < 4.78 is 35.0. The lowest BCUT2D eigenvalue weighted by Gasteiger charge is -2.14. The maximum absolute atomic E-state index is 14.7. The van der Waals surface area contributed by atoms with E-state index in [1.165, 1.54) is 42.2 Å². The van der Waals surface area contributed by atoms with E-state index in [2.05, 4.69) is 15.0 Å². The Kier molecular flexibility index (Phi) is 4.16. The van der Waals surface area contributed by atoms with Crippen LogP contribution in [0.2, 0.25) is 0 Å². The van der Waals surface area contributed by atoms with Crippen molar-refractivity contribution < 1.29 is 18.3 Å². The van der Waals surface area contributed by atoms with Gasteiger partial charge in [0, 0.05) is 18.6 Å². The summed E-state index contributed by atoms with van der Waals surface area (Å²) >= 11 is 0. The molecule has 0 aliphatic heterocycles. The van der Waals surface area contributed by atoms with Crippen molar-refractivity contribution in [1.29, 1.82) is 0 Å². The van der Waals surface area contributed by atoms with Crippen LogP contribution < -0.4 is 5.32 Å². The highest BCUT2D eigenvalue weighted by molar-refractivity contribution is 5.97. The van der Waals surface area contributed by atoms with Crippen LogP contribution in [-0.4, -0.2) is 22.5 Å². The van der Waals surface area contributed by atoms with E-state index in [0.717, 1.165) is 5.56 Å². The van der Waals surface area contributed by atoms with E-state index in [-0.39, 0.29) is 22.6 Å². The van der Waals surface area contributed by atoms with E-state index in [4.69, 9.17) is 0 Å². The number of nitrogens with one attached hydrogen (secondary N) is 1. The molecule has 7 heteroatoms. The van der Waals surface area contributed by atoms with E-state index in [9.17, 15) is 13.6 Å². The van der Waals surface area contributed by atoms with Gasteiger partial charge in [0.25, 0.3) is 0 Å². The normalized spacial score (nSPS) is 10.8. The predicted molar refractivity (Wildman–Crippen MR) is 85.6 cm³/mol. The molecular weight excluding hydrogens is 316 g/mol. The van der Waals surface area contributed by atoms with E-state index >= 15 is 0 Å². The van der Waals surface area contributed by atoms with Gasteiger partial charge in [-0.1, -0.05) is 13.0 Å². The summed E-state index contributed by atoms with van der Waals surface area (Å²) in [4.78, 5) is 15.9. The zero-order chi connectivity index (χ0) is 17.3. The van der Waals surface area contributed by atoms with Crippen LogP contribution in [-0.2, 0) is 11.2 Å². The van der Waals surface area contributed by atoms with Crippen molar-refractivity contribution in [3.8, 4) is 0 Å². The molecule has 0 aliphatic carbocycles. The van der Waals surface area contributed by atoms with Gasteiger partial charge >= 0.3 is 5.97 Å². The maximum atomic E-state index is 14.7. The number of nitrogens with zero attached hydrogens (tertiary/aromatic N) is 2. The number of methoxy groups -OCH3 is 1. The Labute approximate surface area is 136 Å². The Balaban J connectivity index is 2.13. The van der Waals surface area contributed by atoms with Gasteiger partial charge in [0.2, 0.25) is 0 Å². The monoisotopic (exact) mass is 331 g/mol. The van der Waals surface area contributed by atoms with Crippen LogP contribution in [0.4, 0.5) is 20.2 Å². The molecule has 0 saturated heterocycles. The molecule has 1 aromatic carbocycles. The van der Waals surface area contributed by atoms with Gasteiger partial charge in [0.1, 0.15) is 11.4 Å². The van der Waals surface area contributed by atoms with Gasteiger partial charge in [-0.25, -0.2) is 18.6 Å². The molecule has 5 nitrogen and oxygen atoms in total. The Hall–Kier alpha value is -2.96. The van der Waals surface area contributed by atoms with Gasteiger partial charge in [-0.05, 0) is 24.1 Å². The second-order valence-electron chi connectivity index (χ2n) is 5.17. The van der Waals surface area contributed by atoms with Crippen molar-refractivity contribution in [1.82, 2.24) is 9.38 Å². The van der Waals surface area contributed by atoms with Crippen molar-refractivity contribution in [2.24, 2.45) is 0 Å². The molecule has 0 aliphatic rings. The predicted octanol–water partition coefficient (Wildman–Crippen LogP) is 3.71. The number of anilines is 2. The molecule has 0 saturated carbocycles. The lowest BCUT2D eigenvalue weighted by molar-refractivity contribution is 0.0601. The SMILES string of the molecule is CCc1ccc(Nc2c(C(=O)OC)cn3ccnc3c2F)c(F)c1. The fourth-order valence-electron chi connectivity index (χ4n) is 2.42. The minimum atomic E-state index is -0.762. The van der Waals surface area contributed by atoms with Crippen molar-refractivity contribution in [2.75, 3.05) is 12.4 Å². The lowest BCUT2D eigenvalue weighted by Crippen LogP contribution is -2.10. The third-order valence-corrected chi connectivity index (χ3v) is 3.73. The molecule has 1 N–H and O–H groups in total. The number of carbonyl (C=O) groups excluding carboxylic acids is 1. The molecule has 24 heavy (non-hydrogen) atoms. The molecule has 0 unspecified atom stereocenters. The van der Waals surface area contributed by atoms with E-state index in [0.29, 0.717) is 6.42 Å². The molecule has 3 aromatic rings. The van der Waals surface area contributed by atoms with Crippen molar-refractivity contribution >= 4 is 23.0 Å². The van der Waals surface area contributed by atoms with Crippen LogP contribution in [0.25, 0.3) is 5.65 Å². The Morgan fingerprint density at radius 3 is 2.83 bits per heavy atom. The van der Waals surface area contributed by atoms with Crippen LogP contribution in [0.15, 0.2) is 36.8 Å². The highest BCUT2D eigenvalue weighted by Crippen LogP contribution is 2.29.